The molecule has 0 saturated carbocycles. The first-order chi connectivity index (χ1) is 9.52. The van der Waals surface area contributed by atoms with Gasteiger partial charge in [-0.25, -0.2) is 0 Å². The van der Waals surface area contributed by atoms with Gasteiger partial charge in [0.25, 0.3) is 0 Å². The average molecular weight is 361 g/mol. The molecule has 0 aromatic heterocycles. The Balaban J connectivity index is 2.07. The molecule has 1 aromatic rings. The summed E-state index contributed by atoms with van der Waals surface area (Å²) in [5, 5.41) is 0.746. The van der Waals surface area contributed by atoms with Crippen LogP contribution in [-0.2, 0) is 0 Å². The fourth-order valence-corrected chi connectivity index (χ4v) is 3.44. The van der Waals surface area contributed by atoms with Crippen LogP contribution < -0.4 is 5.73 Å². The highest BCUT2D eigenvalue weighted by atomic mass is 79.9. The van der Waals surface area contributed by atoms with Gasteiger partial charge in [0.05, 0.1) is 5.02 Å². The second-order valence-corrected chi connectivity index (χ2v) is 6.92. The van der Waals surface area contributed by atoms with E-state index in [1.165, 1.54) is 18.4 Å². The second-order valence-electron chi connectivity index (χ2n) is 5.66. The van der Waals surface area contributed by atoms with Gasteiger partial charge in [-0.2, -0.15) is 0 Å². The van der Waals surface area contributed by atoms with Gasteiger partial charge in [-0.3, -0.25) is 4.90 Å². The van der Waals surface area contributed by atoms with E-state index >= 15 is 0 Å². The standard InChI is InChI=1S/C15H23BrClN3/c1-19(2)12-5-7-20(8-6-12)15(10-18)11-3-4-14(17)13(16)9-11/h3-4,9,12,15H,5-8,10,18H2,1-2H3. The van der Waals surface area contributed by atoms with Crippen molar-refractivity contribution in [3.8, 4) is 0 Å². The van der Waals surface area contributed by atoms with E-state index in [4.69, 9.17) is 17.3 Å². The van der Waals surface area contributed by atoms with Gasteiger partial charge in [0.15, 0.2) is 0 Å². The Kier molecular flexibility index (Phi) is 5.87. The molecular weight excluding hydrogens is 338 g/mol. The van der Waals surface area contributed by atoms with Crippen molar-refractivity contribution < 1.29 is 0 Å². The van der Waals surface area contributed by atoms with Crippen LogP contribution in [0.3, 0.4) is 0 Å². The van der Waals surface area contributed by atoms with E-state index in [2.05, 4.69) is 52.0 Å². The van der Waals surface area contributed by atoms with Gasteiger partial charge >= 0.3 is 0 Å². The van der Waals surface area contributed by atoms with E-state index in [1.807, 2.05) is 6.07 Å². The summed E-state index contributed by atoms with van der Waals surface area (Å²) in [4.78, 5) is 4.82. The zero-order chi connectivity index (χ0) is 14.7. The molecule has 2 rings (SSSR count). The monoisotopic (exact) mass is 359 g/mol. The number of nitrogens with two attached hydrogens (primary N) is 1. The molecular formula is C15H23BrClN3. The van der Waals surface area contributed by atoms with Gasteiger partial charge in [0.1, 0.15) is 0 Å². The van der Waals surface area contributed by atoms with E-state index in [0.29, 0.717) is 12.6 Å². The number of hydrogen-bond acceptors (Lipinski definition) is 3. The Labute approximate surface area is 135 Å². The summed E-state index contributed by atoms with van der Waals surface area (Å²) in [7, 11) is 4.33. The van der Waals surface area contributed by atoms with Crippen molar-refractivity contribution in [2.45, 2.75) is 24.9 Å². The first kappa shape index (κ1) is 16.2. The summed E-state index contributed by atoms with van der Waals surface area (Å²) in [6.07, 6.45) is 2.41. The van der Waals surface area contributed by atoms with Gasteiger partial charge in [-0.15, -0.1) is 0 Å². The molecule has 1 heterocycles. The summed E-state index contributed by atoms with van der Waals surface area (Å²) in [5.74, 6) is 0. The SMILES string of the molecule is CN(C)C1CCN(C(CN)c2ccc(Cl)c(Br)c2)CC1. The normalized spacial score (nSPS) is 19.5. The number of likely N-dealkylation sites (tertiary alicyclic amines) is 1. The van der Waals surface area contributed by atoms with Crippen LogP contribution in [0.5, 0.6) is 0 Å². The van der Waals surface area contributed by atoms with Crippen LogP contribution in [0, 0.1) is 0 Å². The Morgan fingerprint density at radius 3 is 2.55 bits per heavy atom. The predicted octanol–water partition coefficient (Wildman–Crippen LogP) is 3.13. The molecule has 0 bridgehead atoms. The predicted molar refractivity (Wildman–Crippen MR) is 89.2 cm³/mol. The number of benzene rings is 1. The van der Waals surface area contributed by atoms with Crippen molar-refractivity contribution in [1.29, 1.82) is 0 Å². The molecule has 1 atom stereocenters. The van der Waals surface area contributed by atoms with Crippen molar-refractivity contribution in [1.82, 2.24) is 9.80 Å². The summed E-state index contributed by atoms with van der Waals surface area (Å²) in [6, 6.07) is 7.10. The topological polar surface area (TPSA) is 32.5 Å². The smallest absolute Gasteiger partial charge is 0.0548 e. The minimum absolute atomic E-state index is 0.284. The summed E-state index contributed by atoms with van der Waals surface area (Å²) >= 11 is 9.57. The lowest BCUT2D eigenvalue weighted by Crippen LogP contribution is -2.45. The summed E-state index contributed by atoms with van der Waals surface area (Å²) in [5.41, 5.74) is 7.26. The molecule has 0 aliphatic carbocycles. The van der Waals surface area contributed by atoms with Crippen LogP contribution in [0.1, 0.15) is 24.4 Å². The minimum atomic E-state index is 0.284. The Hall–Kier alpha value is -0.130. The van der Waals surface area contributed by atoms with E-state index in [0.717, 1.165) is 22.6 Å². The van der Waals surface area contributed by atoms with Crippen LogP contribution in [0.2, 0.25) is 5.02 Å². The van der Waals surface area contributed by atoms with Crippen molar-refractivity contribution in [3.05, 3.63) is 33.3 Å². The van der Waals surface area contributed by atoms with Gasteiger partial charge in [0.2, 0.25) is 0 Å². The third kappa shape index (κ3) is 3.74. The maximum Gasteiger partial charge on any atom is 0.0548 e. The number of nitrogens with zero attached hydrogens (tertiary/aromatic N) is 2. The maximum atomic E-state index is 6.07. The van der Waals surface area contributed by atoms with Crippen molar-refractivity contribution in [3.63, 3.8) is 0 Å². The minimum Gasteiger partial charge on any atom is -0.329 e. The molecule has 20 heavy (non-hydrogen) atoms. The Bertz CT molecular complexity index is 445. The van der Waals surface area contributed by atoms with Crippen molar-refractivity contribution >= 4 is 27.5 Å². The lowest BCUT2D eigenvalue weighted by atomic mass is 9.99. The summed E-state index contributed by atoms with van der Waals surface area (Å²) < 4.78 is 0.943. The number of rotatable bonds is 4. The lowest BCUT2D eigenvalue weighted by molar-refractivity contribution is 0.111. The van der Waals surface area contributed by atoms with Gasteiger partial charge in [-0.05, 0) is 60.6 Å². The van der Waals surface area contributed by atoms with Gasteiger partial charge in [0, 0.05) is 36.2 Å². The van der Waals surface area contributed by atoms with E-state index in [1.54, 1.807) is 0 Å². The molecule has 0 spiro atoms. The molecule has 0 radical (unpaired) electrons. The van der Waals surface area contributed by atoms with Gasteiger partial charge < -0.3 is 10.6 Å². The van der Waals surface area contributed by atoms with E-state index in [-0.39, 0.29) is 6.04 Å². The largest absolute Gasteiger partial charge is 0.329 e. The second kappa shape index (κ2) is 7.23. The molecule has 5 heteroatoms. The quantitative estimate of drug-likeness (QED) is 0.895. The van der Waals surface area contributed by atoms with Crippen LogP contribution in [0.15, 0.2) is 22.7 Å². The molecule has 1 fully saturated rings. The van der Waals surface area contributed by atoms with Crippen LogP contribution >= 0.6 is 27.5 Å². The van der Waals surface area contributed by atoms with Gasteiger partial charge in [-0.1, -0.05) is 17.7 Å². The molecule has 1 saturated heterocycles. The molecule has 2 N–H and O–H groups in total. The highest BCUT2D eigenvalue weighted by molar-refractivity contribution is 9.10. The Morgan fingerprint density at radius 1 is 1.40 bits per heavy atom. The third-order valence-corrected chi connectivity index (χ3v) is 5.44. The third-order valence-electron chi connectivity index (χ3n) is 4.22. The zero-order valence-electron chi connectivity index (χ0n) is 12.1. The Morgan fingerprint density at radius 2 is 2.05 bits per heavy atom. The van der Waals surface area contributed by atoms with Crippen molar-refractivity contribution in [2.24, 2.45) is 5.73 Å². The van der Waals surface area contributed by atoms with E-state index < -0.39 is 0 Å². The maximum absolute atomic E-state index is 6.07. The fraction of sp³-hybridized carbons (Fsp3) is 0.600. The first-order valence-corrected chi connectivity index (χ1v) is 8.25. The summed E-state index contributed by atoms with van der Waals surface area (Å²) in [6.45, 7) is 2.84. The highest BCUT2D eigenvalue weighted by Crippen LogP contribution is 2.30. The van der Waals surface area contributed by atoms with Crippen molar-refractivity contribution in [2.75, 3.05) is 33.7 Å². The fourth-order valence-electron chi connectivity index (χ4n) is 2.93. The molecule has 1 aliphatic heterocycles. The highest BCUT2D eigenvalue weighted by Gasteiger charge is 2.26. The molecule has 1 aliphatic rings. The first-order valence-electron chi connectivity index (χ1n) is 7.08. The van der Waals surface area contributed by atoms with Crippen LogP contribution in [0.4, 0.5) is 0 Å². The lowest BCUT2D eigenvalue weighted by Gasteiger charge is -2.39. The van der Waals surface area contributed by atoms with Crippen LogP contribution in [-0.4, -0.2) is 49.6 Å². The van der Waals surface area contributed by atoms with E-state index in [9.17, 15) is 0 Å². The average Bonchev–Trinajstić information content (AvgIpc) is 2.44. The molecule has 1 unspecified atom stereocenters. The number of piperidine rings is 1. The zero-order valence-corrected chi connectivity index (χ0v) is 14.5. The number of hydrogen-bond donors (Lipinski definition) is 1. The molecule has 112 valence electrons. The molecule has 0 amide bonds. The van der Waals surface area contributed by atoms with Crippen LogP contribution in [0.25, 0.3) is 0 Å². The number of halogens is 2. The molecule has 3 nitrogen and oxygen atoms in total. The molecule has 1 aromatic carbocycles.